The Morgan fingerprint density at radius 2 is 1.21 bits per heavy atom. The summed E-state index contributed by atoms with van der Waals surface area (Å²) in [6.07, 6.45) is 0. The Morgan fingerprint density at radius 1 is 0.821 bits per heavy atom. The van der Waals surface area contributed by atoms with Gasteiger partial charge in [-0.05, 0) is 48.4 Å². The third-order valence-electron chi connectivity index (χ3n) is 4.20. The molecule has 0 radical (unpaired) electrons. The summed E-state index contributed by atoms with van der Waals surface area (Å²) in [6.45, 7) is 9.73. The number of carboxylic acid groups (broad SMARTS) is 1. The van der Waals surface area contributed by atoms with Crippen molar-refractivity contribution in [2.45, 2.75) is 27.3 Å². The van der Waals surface area contributed by atoms with Crippen LogP contribution < -0.4 is 0 Å². The molecule has 0 fully saturated rings. The number of benzene rings is 3. The van der Waals surface area contributed by atoms with Crippen molar-refractivity contribution in [1.82, 2.24) is 0 Å². The molecule has 0 atom stereocenters. The highest BCUT2D eigenvalue weighted by Gasteiger charge is 2.32. The van der Waals surface area contributed by atoms with Gasteiger partial charge in [0.1, 0.15) is 0 Å². The number of fused-ring (bicyclic) bond motifs is 2. The van der Waals surface area contributed by atoms with Crippen molar-refractivity contribution in [2.75, 3.05) is 19.8 Å². The molecular weight excluding hydrogens is 372 g/mol. The smallest absolute Gasteiger partial charge is 0.478 e. The molecule has 0 unspecified atom stereocenters. The van der Waals surface area contributed by atoms with Crippen molar-refractivity contribution in [3.63, 3.8) is 0 Å². The first-order chi connectivity index (χ1) is 13.5. The van der Waals surface area contributed by atoms with Crippen LogP contribution in [0.5, 0.6) is 0 Å². The van der Waals surface area contributed by atoms with E-state index >= 15 is 0 Å². The Labute approximate surface area is 167 Å². The van der Waals surface area contributed by atoms with Gasteiger partial charge in [-0.15, -0.1) is 0 Å². The molecule has 1 N–H and O–H groups in total. The van der Waals surface area contributed by atoms with E-state index in [2.05, 4.69) is 0 Å². The van der Waals surface area contributed by atoms with Gasteiger partial charge in [-0.1, -0.05) is 48.5 Å². The van der Waals surface area contributed by atoms with E-state index in [0.29, 0.717) is 25.4 Å². The van der Waals surface area contributed by atoms with E-state index in [1.165, 1.54) is 0 Å². The fourth-order valence-corrected chi connectivity index (χ4v) is 4.98. The van der Waals surface area contributed by atoms with Gasteiger partial charge in [-0.25, -0.2) is 4.79 Å². The average molecular weight is 401 g/mol. The summed E-state index contributed by atoms with van der Waals surface area (Å²) < 4.78 is 16.2. The number of aromatic carboxylic acids is 1. The van der Waals surface area contributed by atoms with Crippen molar-refractivity contribution in [1.29, 1.82) is 0 Å². The van der Waals surface area contributed by atoms with E-state index in [4.69, 9.17) is 13.3 Å². The molecule has 0 spiro atoms. The Kier molecular flexibility index (Phi) is 8.13. The zero-order valence-corrected chi connectivity index (χ0v) is 17.9. The summed E-state index contributed by atoms with van der Waals surface area (Å²) in [4.78, 5) is 11.4. The standard InChI is InChI=1S/C15H10O2.C7H18O3Si/c16-15(17)14-12-7-3-1-5-10(12)9-11-6-2-4-8-13(11)14;1-5-8-11(4,9-6-2)10-7-3/h1-9H,(H,16,17);5-7H2,1-4H3. The van der Waals surface area contributed by atoms with Crippen LogP contribution in [0.15, 0.2) is 54.6 Å². The predicted molar refractivity (Wildman–Crippen MR) is 115 cm³/mol. The summed E-state index contributed by atoms with van der Waals surface area (Å²) in [5.74, 6) is -0.877. The quantitative estimate of drug-likeness (QED) is 0.427. The maximum Gasteiger partial charge on any atom is 0.497 e. The van der Waals surface area contributed by atoms with Crippen molar-refractivity contribution in [3.8, 4) is 0 Å². The minimum Gasteiger partial charge on any atom is -0.478 e. The number of rotatable bonds is 7. The Hall–Kier alpha value is -2.25. The zero-order chi connectivity index (χ0) is 20.6. The minimum atomic E-state index is -2.25. The molecule has 28 heavy (non-hydrogen) atoms. The Balaban J connectivity index is 0.000000224. The van der Waals surface area contributed by atoms with Crippen LogP contribution in [0.1, 0.15) is 31.1 Å². The monoisotopic (exact) mass is 400 g/mol. The second-order valence-corrected chi connectivity index (χ2v) is 8.75. The van der Waals surface area contributed by atoms with Crippen LogP contribution in [-0.2, 0) is 13.3 Å². The lowest BCUT2D eigenvalue weighted by Crippen LogP contribution is -2.42. The lowest BCUT2D eigenvalue weighted by atomic mass is 9.97. The molecule has 3 aromatic rings. The van der Waals surface area contributed by atoms with Crippen molar-refractivity contribution >= 4 is 36.3 Å². The molecule has 0 aliphatic heterocycles. The summed E-state index contributed by atoms with van der Waals surface area (Å²) in [5.41, 5.74) is 0.388. The molecule has 0 bridgehead atoms. The van der Waals surface area contributed by atoms with Crippen LogP contribution in [0.2, 0.25) is 6.55 Å². The average Bonchev–Trinajstić information content (AvgIpc) is 2.66. The molecule has 0 amide bonds. The molecule has 150 valence electrons. The van der Waals surface area contributed by atoms with E-state index in [9.17, 15) is 9.90 Å². The molecule has 6 heteroatoms. The van der Waals surface area contributed by atoms with Crippen LogP contribution >= 0.6 is 0 Å². The fraction of sp³-hybridized carbons (Fsp3) is 0.318. The van der Waals surface area contributed by atoms with Gasteiger partial charge in [0.15, 0.2) is 0 Å². The van der Waals surface area contributed by atoms with Gasteiger partial charge in [0.05, 0.1) is 5.56 Å². The lowest BCUT2D eigenvalue weighted by Gasteiger charge is -2.23. The van der Waals surface area contributed by atoms with E-state index in [1.807, 2.05) is 81.9 Å². The van der Waals surface area contributed by atoms with Crippen LogP contribution in [0, 0.1) is 0 Å². The Bertz CT molecular complexity index is 854. The maximum absolute atomic E-state index is 11.4. The van der Waals surface area contributed by atoms with Crippen LogP contribution in [0.3, 0.4) is 0 Å². The molecule has 3 rings (SSSR count). The van der Waals surface area contributed by atoms with E-state index < -0.39 is 14.8 Å². The summed E-state index contributed by atoms with van der Waals surface area (Å²) >= 11 is 0. The first kappa shape index (κ1) is 22.0. The first-order valence-electron chi connectivity index (χ1n) is 9.51. The highest BCUT2D eigenvalue weighted by molar-refractivity contribution is 6.59. The molecule has 3 aromatic carbocycles. The van der Waals surface area contributed by atoms with Crippen molar-refractivity contribution in [2.24, 2.45) is 0 Å². The lowest BCUT2D eigenvalue weighted by molar-refractivity contribution is 0.0700. The third-order valence-corrected chi connectivity index (χ3v) is 6.64. The second kappa shape index (κ2) is 10.3. The highest BCUT2D eigenvalue weighted by Crippen LogP contribution is 2.28. The summed E-state index contributed by atoms with van der Waals surface area (Å²) in [6, 6.07) is 17.2. The van der Waals surface area contributed by atoms with Crippen molar-refractivity contribution in [3.05, 3.63) is 60.2 Å². The fourth-order valence-electron chi connectivity index (χ4n) is 3.16. The molecule has 0 aliphatic carbocycles. The van der Waals surface area contributed by atoms with E-state index in [0.717, 1.165) is 21.5 Å². The third kappa shape index (κ3) is 5.39. The van der Waals surface area contributed by atoms with Crippen LogP contribution in [-0.4, -0.2) is 39.7 Å². The van der Waals surface area contributed by atoms with E-state index in [1.54, 1.807) is 0 Å². The van der Waals surface area contributed by atoms with Gasteiger partial charge in [0, 0.05) is 26.4 Å². The molecule has 0 aliphatic rings. The van der Waals surface area contributed by atoms with Crippen molar-refractivity contribution < 1.29 is 23.2 Å². The minimum absolute atomic E-state index is 0.388. The first-order valence-corrected chi connectivity index (χ1v) is 11.7. The maximum atomic E-state index is 11.4. The highest BCUT2D eigenvalue weighted by atomic mass is 28.4. The molecule has 0 saturated carbocycles. The SMILES string of the molecule is CCO[Si](C)(OCC)OCC.O=C(O)c1c2ccccc2cc2ccccc12. The molecule has 5 nitrogen and oxygen atoms in total. The molecule has 0 aromatic heterocycles. The van der Waals surface area contributed by atoms with Gasteiger partial charge in [-0.3, -0.25) is 0 Å². The van der Waals surface area contributed by atoms with Gasteiger partial charge < -0.3 is 18.4 Å². The Morgan fingerprint density at radius 3 is 1.57 bits per heavy atom. The molecule has 0 saturated heterocycles. The van der Waals surface area contributed by atoms with Crippen LogP contribution in [0.25, 0.3) is 21.5 Å². The largest absolute Gasteiger partial charge is 0.497 e. The summed E-state index contributed by atoms with van der Waals surface area (Å²) in [7, 11) is -2.25. The van der Waals surface area contributed by atoms with Gasteiger partial charge in [0.2, 0.25) is 0 Å². The van der Waals surface area contributed by atoms with E-state index in [-0.39, 0.29) is 0 Å². The number of hydrogen-bond donors (Lipinski definition) is 1. The second-order valence-electron chi connectivity index (χ2n) is 6.16. The number of carbonyl (C=O) groups is 1. The topological polar surface area (TPSA) is 65.0 Å². The number of carboxylic acids is 1. The molecular formula is C22H28O5Si. The van der Waals surface area contributed by atoms with Gasteiger partial charge in [-0.2, -0.15) is 0 Å². The van der Waals surface area contributed by atoms with Crippen LogP contribution in [0.4, 0.5) is 0 Å². The van der Waals surface area contributed by atoms with Gasteiger partial charge >= 0.3 is 14.8 Å². The zero-order valence-electron chi connectivity index (χ0n) is 16.9. The summed E-state index contributed by atoms with van der Waals surface area (Å²) in [5, 5.41) is 12.9. The molecule has 0 heterocycles. The van der Waals surface area contributed by atoms with Gasteiger partial charge in [0.25, 0.3) is 0 Å². The number of hydrogen-bond acceptors (Lipinski definition) is 4. The normalized spacial score (nSPS) is 11.3. The predicted octanol–water partition coefficient (Wildman–Crippen LogP) is 5.36.